The minimum Gasteiger partial charge on any atom is -0.458 e. The highest BCUT2D eigenvalue weighted by molar-refractivity contribution is 5.97. The number of carbonyl (C=O) groups excluding carboxylic acids is 8. The van der Waals surface area contributed by atoms with Gasteiger partial charge in [0, 0.05) is 19.4 Å². The third-order valence-electron chi connectivity index (χ3n) is 11.3. The Labute approximate surface area is 393 Å². The van der Waals surface area contributed by atoms with Crippen LogP contribution in [0.25, 0.3) is 0 Å². The van der Waals surface area contributed by atoms with E-state index in [1.54, 1.807) is 44.2 Å². The van der Waals surface area contributed by atoms with Crippen LogP contribution in [0, 0.1) is 5.92 Å². The molecule has 0 aliphatic carbocycles. The van der Waals surface area contributed by atoms with Crippen LogP contribution >= 0.6 is 0 Å². The van der Waals surface area contributed by atoms with Gasteiger partial charge in [0.15, 0.2) is 5.96 Å². The van der Waals surface area contributed by atoms with Crippen LogP contribution < -0.4 is 49.1 Å². The monoisotopic (exact) mass is 945 g/mol. The second-order valence-corrected chi connectivity index (χ2v) is 17.7. The fraction of sp³-hybridized carbons (Fsp3) is 0.674. The number of cyclic esters (lactones) is 1. The van der Waals surface area contributed by atoms with Gasteiger partial charge in [0.1, 0.15) is 42.4 Å². The number of amides is 7. The van der Waals surface area contributed by atoms with E-state index >= 15 is 0 Å². The second-order valence-electron chi connectivity index (χ2n) is 17.7. The summed E-state index contributed by atoms with van der Waals surface area (Å²) >= 11 is 0. The fourth-order valence-electron chi connectivity index (χ4n) is 7.36. The predicted molar refractivity (Wildman–Crippen MR) is 250 cm³/mol. The number of rotatable bonds is 23. The van der Waals surface area contributed by atoms with E-state index in [1.165, 1.54) is 20.8 Å². The van der Waals surface area contributed by atoms with Gasteiger partial charge in [0.25, 0.3) is 0 Å². The van der Waals surface area contributed by atoms with Crippen LogP contribution in [0.4, 0.5) is 0 Å². The molecule has 21 nitrogen and oxygen atoms in total. The molecule has 1 fully saturated rings. The standard InChI is InChI=1S/C46H76N10O11/c1-27(2)37-42(63)53-34(25-31-19-15-14-16-20-31)41(62)56-38(29(4)57)43(64)52-33(22-23-35(47)59)40(61)51-28(3)45(66)67-30(5)39(44(65)55-37)54-36(60)26-32(58)21-17-12-10-8-6-7-9-11-13-18-24-50-46(48)49/h14-16,19-20,27-30,32-34,37-39,57-58H,6-13,17-18,21-26H2,1-5H3,(H2,47,59)(H,51,61)(H,52,64)(H,53,63)(H,54,60)(H,55,65)(H,56,62)(H4,48,49,50)/t28-,29-,30-,32?,33-,34?,37?,38-,39?/m1/s1. The Morgan fingerprint density at radius 3 is 1.81 bits per heavy atom. The summed E-state index contributed by atoms with van der Waals surface area (Å²) < 4.78 is 5.59. The van der Waals surface area contributed by atoms with E-state index in [4.69, 9.17) is 21.9 Å². The predicted octanol–water partition coefficient (Wildman–Crippen LogP) is -0.279. The molecule has 0 saturated carbocycles. The summed E-state index contributed by atoms with van der Waals surface area (Å²) in [6, 6.07) is -0.309. The van der Waals surface area contributed by atoms with Crippen LogP contribution in [0.3, 0.4) is 0 Å². The number of aliphatic hydroxyl groups excluding tert-OH is 2. The highest BCUT2D eigenvalue weighted by Gasteiger charge is 2.38. The summed E-state index contributed by atoms with van der Waals surface area (Å²) in [5.41, 5.74) is 16.6. The molecule has 7 amide bonds. The van der Waals surface area contributed by atoms with E-state index in [0.29, 0.717) is 24.9 Å². The zero-order valence-electron chi connectivity index (χ0n) is 39.7. The third-order valence-corrected chi connectivity index (χ3v) is 11.3. The molecule has 0 aromatic heterocycles. The van der Waals surface area contributed by atoms with Crippen LogP contribution in [0.2, 0.25) is 0 Å². The minimum atomic E-state index is -1.67. The Hall–Kier alpha value is -5.83. The highest BCUT2D eigenvalue weighted by atomic mass is 16.5. The molecule has 0 spiro atoms. The Kier molecular flexibility index (Phi) is 26.0. The number of aliphatic hydroxyl groups is 2. The smallest absolute Gasteiger partial charge is 0.328 e. The number of ether oxygens (including phenoxy) is 1. The molecular weight excluding hydrogens is 869 g/mol. The molecule has 14 N–H and O–H groups in total. The van der Waals surface area contributed by atoms with Crippen LogP contribution in [0.5, 0.6) is 0 Å². The Bertz CT molecular complexity index is 1790. The molecule has 1 aromatic carbocycles. The zero-order chi connectivity index (χ0) is 50.1. The van der Waals surface area contributed by atoms with Gasteiger partial charge in [-0.05, 0) is 51.5 Å². The van der Waals surface area contributed by atoms with Crippen LogP contribution in [-0.2, 0) is 49.5 Å². The molecule has 2 rings (SSSR count). The molecule has 1 saturated heterocycles. The molecule has 67 heavy (non-hydrogen) atoms. The largest absolute Gasteiger partial charge is 0.458 e. The third kappa shape index (κ3) is 22.5. The van der Waals surface area contributed by atoms with Gasteiger partial charge in [0.05, 0.1) is 18.6 Å². The summed E-state index contributed by atoms with van der Waals surface area (Å²) in [5, 5.41) is 36.5. The van der Waals surface area contributed by atoms with E-state index in [-0.39, 0.29) is 31.6 Å². The van der Waals surface area contributed by atoms with Crippen molar-refractivity contribution < 1.29 is 53.3 Å². The quantitative estimate of drug-likeness (QED) is 0.0292. The molecule has 0 bridgehead atoms. The van der Waals surface area contributed by atoms with Gasteiger partial charge in [-0.3, -0.25) is 38.6 Å². The zero-order valence-corrected chi connectivity index (χ0v) is 39.7. The van der Waals surface area contributed by atoms with Crippen molar-refractivity contribution in [2.75, 3.05) is 6.54 Å². The number of guanidine groups is 1. The van der Waals surface area contributed by atoms with E-state index in [9.17, 15) is 48.6 Å². The van der Waals surface area contributed by atoms with E-state index < -0.39 is 108 Å². The van der Waals surface area contributed by atoms with Crippen molar-refractivity contribution in [2.24, 2.45) is 28.1 Å². The number of nitrogens with one attached hydrogen (secondary N) is 6. The van der Waals surface area contributed by atoms with Crippen molar-refractivity contribution in [3.8, 4) is 0 Å². The number of carbonyl (C=O) groups is 8. The van der Waals surface area contributed by atoms with E-state index in [1.807, 2.05) is 0 Å². The highest BCUT2D eigenvalue weighted by Crippen LogP contribution is 2.15. The molecule has 376 valence electrons. The first-order valence-electron chi connectivity index (χ1n) is 23.5. The van der Waals surface area contributed by atoms with Crippen LogP contribution in [-0.4, -0.2) is 125 Å². The van der Waals surface area contributed by atoms with Gasteiger partial charge < -0.3 is 64.1 Å². The van der Waals surface area contributed by atoms with Crippen molar-refractivity contribution >= 4 is 53.3 Å². The Balaban J connectivity index is 2.31. The number of nitrogens with zero attached hydrogens (tertiary/aromatic N) is 1. The number of hydrogen-bond acceptors (Lipinski definition) is 12. The number of unbranched alkanes of at least 4 members (excludes halogenated alkanes) is 9. The van der Waals surface area contributed by atoms with Gasteiger partial charge in [-0.25, -0.2) is 4.79 Å². The summed E-state index contributed by atoms with van der Waals surface area (Å²) in [6.45, 7) is 7.71. The summed E-state index contributed by atoms with van der Waals surface area (Å²) in [4.78, 5) is 112. The van der Waals surface area contributed by atoms with Crippen LogP contribution in [0.1, 0.15) is 130 Å². The molecule has 4 unspecified atom stereocenters. The minimum absolute atomic E-state index is 0.0920. The lowest BCUT2D eigenvalue weighted by Crippen LogP contribution is -2.62. The van der Waals surface area contributed by atoms with E-state index in [0.717, 1.165) is 57.8 Å². The maximum atomic E-state index is 14.1. The summed E-state index contributed by atoms with van der Waals surface area (Å²) in [6.07, 6.45) is 5.20. The molecule has 21 heteroatoms. The average Bonchev–Trinajstić information content (AvgIpc) is 3.25. The molecule has 9 atom stereocenters. The normalized spacial score (nSPS) is 23.4. The number of esters is 1. The molecule has 1 heterocycles. The SMILES string of the molecule is CC(C)C1NC(=O)C(NC(=O)CC(O)CCCCCCCCCCCCN=C(N)N)[C@@H](C)OC(=O)[C@@H](C)NC(=O)[C@@H](CCC(N)=O)NC(=O)[C@@H]([C@@H](C)O)NC(=O)C(Cc2ccccc2)NC1=O. The molecule has 1 aliphatic rings. The average molecular weight is 945 g/mol. The molecule has 0 radical (unpaired) electrons. The second kappa shape index (κ2) is 30.5. The first kappa shape index (κ1) is 57.3. The van der Waals surface area contributed by atoms with Crippen molar-refractivity contribution in [3.05, 3.63) is 35.9 Å². The number of primary amides is 1. The number of benzene rings is 1. The van der Waals surface area contributed by atoms with Gasteiger partial charge in [0.2, 0.25) is 41.4 Å². The van der Waals surface area contributed by atoms with Gasteiger partial charge in [-0.15, -0.1) is 0 Å². The number of aliphatic imine (C=N–C) groups is 1. The Morgan fingerprint density at radius 1 is 0.701 bits per heavy atom. The fourth-order valence-corrected chi connectivity index (χ4v) is 7.36. The van der Waals surface area contributed by atoms with Crippen molar-refractivity contribution in [2.45, 2.75) is 185 Å². The molecule has 1 aliphatic heterocycles. The first-order chi connectivity index (χ1) is 31.7. The summed E-state index contributed by atoms with van der Waals surface area (Å²) in [7, 11) is 0. The lowest BCUT2D eigenvalue weighted by molar-refractivity contribution is -0.155. The number of nitrogens with two attached hydrogens (primary N) is 3. The van der Waals surface area contributed by atoms with Crippen molar-refractivity contribution in [1.82, 2.24) is 31.9 Å². The van der Waals surface area contributed by atoms with Gasteiger partial charge in [-0.2, -0.15) is 0 Å². The first-order valence-corrected chi connectivity index (χ1v) is 23.5. The van der Waals surface area contributed by atoms with Gasteiger partial charge >= 0.3 is 5.97 Å². The molecular formula is C46H76N10O11. The topological polar surface area (TPSA) is 349 Å². The van der Waals surface area contributed by atoms with Crippen molar-refractivity contribution in [3.63, 3.8) is 0 Å². The Morgan fingerprint density at radius 2 is 1.24 bits per heavy atom. The van der Waals surface area contributed by atoms with E-state index in [2.05, 4.69) is 36.9 Å². The maximum Gasteiger partial charge on any atom is 0.328 e. The van der Waals surface area contributed by atoms with Crippen LogP contribution in [0.15, 0.2) is 35.3 Å². The van der Waals surface area contributed by atoms with Crippen molar-refractivity contribution in [1.29, 1.82) is 0 Å². The lowest BCUT2D eigenvalue weighted by Gasteiger charge is -2.30. The number of hydrogen-bond donors (Lipinski definition) is 11. The van der Waals surface area contributed by atoms with Gasteiger partial charge in [-0.1, -0.05) is 102 Å². The lowest BCUT2D eigenvalue weighted by atomic mass is 9.99. The maximum absolute atomic E-state index is 14.1. The summed E-state index contributed by atoms with van der Waals surface area (Å²) in [5.74, 6) is -7.71. The molecule has 1 aromatic rings.